The van der Waals surface area contributed by atoms with E-state index in [1.165, 1.54) is 6.08 Å². The summed E-state index contributed by atoms with van der Waals surface area (Å²) in [6, 6.07) is 14.3. The van der Waals surface area contributed by atoms with Crippen molar-refractivity contribution in [2.24, 2.45) is 0 Å². The van der Waals surface area contributed by atoms with Gasteiger partial charge < -0.3 is 14.8 Å². The second kappa shape index (κ2) is 11.1. The van der Waals surface area contributed by atoms with E-state index < -0.39 is 11.9 Å². The molecule has 1 aliphatic rings. The fraction of sp³-hybridized carbons (Fsp3) is 0.261. The maximum atomic E-state index is 11.0. The first kappa shape index (κ1) is 23.0. The number of amides is 1. The highest BCUT2D eigenvalue weighted by Gasteiger charge is 2.23. The van der Waals surface area contributed by atoms with Crippen molar-refractivity contribution in [2.45, 2.75) is 25.9 Å². The van der Waals surface area contributed by atoms with Gasteiger partial charge >= 0.3 is 0 Å². The molecule has 1 amide bonds. The number of carboxylic acid groups (broad SMARTS) is 1. The van der Waals surface area contributed by atoms with Gasteiger partial charge in [0.25, 0.3) is 11.9 Å². The fourth-order valence-electron chi connectivity index (χ4n) is 3.44. The molecule has 9 heteroatoms. The van der Waals surface area contributed by atoms with Gasteiger partial charge in [-0.15, -0.1) is 0 Å². The third-order valence-corrected chi connectivity index (χ3v) is 4.80. The average molecular weight is 438 g/mol. The molecule has 4 rings (SSSR count). The number of benzene rings is 1. The van der Waals surface area contributed by atoms with Crippen molar-refractivity contribution in [3.63, 3.8) is 0 Å². The molecule has 0 bridgehead atoms. The van der Waals surface area contributed by atoms with Crippen molar-refractivity contribution in [2.75, 3.05) is 18.4 Å². The second-order valence-corrected chi connectivity index (χ2v) is 7.42. The van der Waals surface area contributed by atoms with Gasteiger partial charge in [-0.25, -0.2) is 10.5 Å². The Balaban J connectivity index is 0.000000668. The molecule has 0 radical (unpaired) electrons. The first-order valence-electron chi connectivity index (χ1n) is 10.2. The Hall–Kier alpha value is -3.69. The molecule has 168 valence electrons. The van der Waals surface area contributed by atoms with Crippen LogP contribution in [0.3, 0.4) is 0 Å². The van der Waals surface area contributed by atoms with Gasteiger partial charge in [0.05, 0.1) is 6.54 Å². The number of hydroxylamine groups is 1. The van der Waals surface area contributed by atoms with E-state index in [2.05, 4.69) is 27.3 Å². The smallest absolute Gasteiger partial charge is 0.300 e. The summed E-state index contributed by atoms with van der Waals surface area (Å²) in [6.07, 6.45) is 5.56. The quantitative estimate of drug-likeness (QED) is 0.263. The van der Waals surface area contributed by atoms with Gasteiger partial charge in [0, 0.05) is 43.7 Å². The normalized spacial score (nSPS) is 16.0. The van der Waals surface area contributed by atoms with Crippen LogP contribution in [0.4, 0.5) is 5.82 Å². The Morgan fingerprint density at radius 2 is 2.06 bits per heavy atom. The summed E-state index contributed by atoms with van der Waals surface area (Å²) in [7, 11) is 0. The number of pyridine rings is 1. The number of likely N-dealkylation sites (tertiary alicyclic amines) is 1. The lowest BCUT2D eigenvalue weighted by Crippen LogP contribution is -2.26. The van der Waals surface area contributed by atoms with Crippen LogP contribution in [-0.2, 0) is 16.1 Å². The molecule has 0 unspecified atom stereocenters. The maximum Gasteiger partial charge on any atom is 0.300 e. The molecule has 32 heavy (non-hydrogen) atoms. The van der Waals surface area contributed by atoms with E-state index in [-0.39, 0.29) is 0 Å². The largest absolute Gasteiger partial charge is 0.481 e. The van der Waals surface area contributed by atoms with Crippen LogP contribution in [0.1, 0.15) is 24.7 Å². The number of carbonyl (C=O) groups is 2. The number of para-hydroxylation sites is 1. The van der Waals surface area contributed by atoms with Gasteiger partial charge in [-0.3, -0.25) is 19.7 Å². The number of anilines is 1. The van der Waals surface area contributed by atoms with E-state index >= 15 is 0 Å². The zero-order chi connectivity index (χ0) is 22.9. The third-order valence-electron chi connectivity index (χ3n) is 4.80. The Bertz CT molecular complexity index is 1040. The molecule has 1 atom stereocenters. The molecule has 3 aromatic rings. The summed E-state index contributed by atoms with van der Waals surface area (Å²) in [6.45, 7) is 3.82. The molecule has 2 aromatic heterocycles. The zero-order valence-corrected chi connectivity index (χ0v) is 17.7. The van der Waals surface area contributed by atoms with Gasteiger partial charge in [-0.2, -0.15) is 0 Å². The molecular weight excluding hydrogens is 412 g/mol. The lowest BCUT2D eigenvalue weighted by atomic mass is 10.2. The number of nitrogens with zero attached hydrogens (tertiary/aromatic N) is 2. The van der Waals surface area contributed by atoms with E-state index in [1.54, 1.807) is 17.8 Å². The van der Waals surface area contributed by atoms with Crippen LogP contribution in [0.5, 0.6) is 0 Å². The summed E-state index contributed by atoms with van der Waals surface area (Å²) >= 11 is 0. The Labute approximate surface area is 185 Å². The van der Waals surface area contributed by atoms with Gasteiger partial charge in [-0.05, 0) is 42.3 Å². The first-order valence-corrected chi connectivity index (χ1v) is 10.2. The molecule has 4 N–H and O–H groups in total. The van der Waals surface area contributed by atoms with Crippen LogP contribution < -0.4 is 10.8 Å². The van der Waals surface area contributed by atoms with Crippen molar-refractivity contribution >= 4 is 34.7 Å². The van der Waals surface area contributed by atoms with Crippen LogP contribution in [0.2, 0.25) is 0 Å². The van der Waals surface area contributed by atoms with Gasteiger partial charge in [-0.1, -0.05) is 18.2 Å². The van der Waals surface area contributed by atoms with Crippen molar-refractivity contribution in [3.8, 4) is 0 Å². The summed E-state index contributed by atoms with van der Waals surface area (Å²) in [4.78, 5) is 26.8. The minimum absolute atomic E-state index is 0.332. The number of carbonyl (C=O) groups excluding carboxylic acids is 1. The highest BCUT2D eigenvalue weighted by atomic mass is 16.5. The van der Waals surface area contributed by atoms with Crippen LogP contribution in [0.25, 0.3) is 17.0 Å². The van der Waals surface area contributed by atoms with Gasteiger partial charge in [0.15, 0.2) is 0 Å². The van der Waals surface area contributed by atoms with E-state index in [4.69, 9.17) is 19.5 Å². The number of carboxylic acids is 1. The van der Waals surface area contributed by atoms with Crippen LogP contribution in [0.15, 0.2) is 59.2 Å². The maximum absolute atomic E-state index is 11.0. The molecule has 0 aliphatic carbocycles. The summed E-state index contributed by atoms with van der Waals surface area (Å²) in [5.41, 5.74) is 3.27. The second-order valence-electron chi connectivity index (χ2n) is 7.42. The van der Waals surface area contributed by atoms with E-state index in [0.29, 0.717) is 6.04 Å². The molecule has 0 spiro atoms. The number of rotatable bonds is 6. The monoisotopic (exact) mass is 438 g/mol. The number of aliphatic carboxylic acids is 1. The molecule has 1 saturated heterocycles. The minimum Gasteiger partial charge on any atom is -0.481 e. The van der Waals surface area contributed by atoms with Crippen LogP contribution >= 0.6 is 0 Å². The predicted molar refractivity (Wildman–Crippen MR) is 120 cm³/mol. The summed E-state index contributed by atoms with van der Waals surface area (Å²) < 4.78 is 5.92. The molecule has 1 fully saturated rings. The van der Waals surface area contributed by atoms with Crippen molar-refractivity contribution in [1.29, 1.82) is 0 Å². The van der Waals surface area contributed by atoms with Crippen LogP contribution in [0, 0.1) is 0 Å². The van der Waals surface area contributed by atoms with E-state index in [0.717, 1.165) is 61.1 Å². The van der Waals surface area contributed by atoms with Crippen molar-refractivity contribution in [1.82, 2.24) is 15.4 Å². The molecular formula is C23H26N4O5. The Kier molecular flexibility index (Phi) is 7.96. The zero-order valence-electron chi connectivity index (χ0n) is 17.7. The average Bonchev–Trinajstić information content (AvgIpc) is 3.38. The van der Waals surface area contributed by atoms with Crippen molar-refractivity contribution in [3.05, 3.63) is 66.1 Å². The number of aromatic nitrogens is 1. The number of hydrogen-bond donors (Lipinski definition) is 4. The molecule has 3 heterocycles. The predicted octanol–water partition coefficient (Wildman–Crippen LogP) is 3.12. The highest BCUT2D eigenvalue weighted by Crippen LogP contribution is 2.22. The highest BCUT2D eigenvalue weighted by molar-refractivity contribution is 5.90. The fourth-order valence-corrected chi connectivity index (χ4v) is 3.44. The van der Waals surface area contributed by atoms with Crippen LogP contribution in [-0.4, -0.2) is 51.2 Å². The number of hydrogen-bond acceptors (Lipinski definition) is 7. The summed E-state index contributed by atoms with van der Waals surface area (Å²) in [5.74, 6) is 0.389. The molecule has 0 saturated carbocycles. The van der Waals surface area contributed by atoms with E-state index in [9.17, 15) is 4.79 Å². The first-order chi connectivity index (χ1) is 15.4. The third kappa shape index (κ3) is 6.93. The number of furan rings is 1. The van der Waals surface area contributed by atoms with Gasteiger partial charge in [0.2, 0.25) is 0 Å². The Morgan fingerprint density at radius 3 is 2.75 bits per heavy atom. The van der Waals surface area contributed by atoms with E-state index in [1.807, 2.05) is 30.3 Å². The minimum atomic E-state index is -0.833. The molecule has 9 nitrogen and oxygen atoms in total. The topological polar surface area (TPSA) is 128 Å². The Morgan fingerprint density at radius 1 is 1.28 bits per heavy atom. The molecule has 1 aliphatic heterocycles. The number of fused-ring (bicyclic) bond motifs is 1. The van der Waals surface area contributed by atoms with Gasteiger partial charge in [0.1, 0.15) is 17.2 Å². The summed E-state index contributed by atoms with van der Waals surface area (Å²) in [5, 5.41) is 20.5. The standard InChI is InChI=1S/C21H22N4O3.C2H4O2/c26-21(24-27)8-6-15-5-7-20(22-12-15)23-17-9-10-25(13-17)14-18-11-16-3-1-2-4-19(16)28-18;1-2(3)4/h1-8,11-12,17,27H,9-10,13-14H2,(H,22,23)(H,24,26);1H3,(H,3,4)/t17-;/m1./s1. The lowest BCUT2D eigenvalue weighted by Gasteiger charge is -2.16. The molecule has 1 aromatic carbocycles. The SMILES string of the molecule is CC(=O)O.O=C(C=Cc1ccc(N[C@@H]2CCN(Cc3cc4ccccc4o3)C2)nc1)NO. The number of nitrogens with one attached hydrogen (secondary N) is 2. The van der Waals surface area contributed by atoms with Crippen molar-refractivity contribution < 1.29 is 24.3 Å². The lowest BCUT2D eigenvalue weighted by molar-refractivity contribution is -0.134.